The molecule has 0 radical (unpaired) electrons. The van der Waals surface area contributed by atoms with Crippen molar-refractivity contribution in [2.24, 2.45) is 0 Å². The van der Waals surface area contributed by atoms with Crippen molar-refractivity contribution >= 4 is 5.97 Å². The molecule has 2 aromatic carbocycles. The fourth-order valence-electron chi connectivity index (χ4n) is 2.39. The summed E-state index contributed by atoms with van der Waals surface area (Å²) < 4.78 is 5.78. The lowest BCUT2D eigenvalue weighted by molar-refractivity contribution is 0.0696. The lowest BCUT2D eigenvalue weighted by atomic mass is 9.95. The van der Waals surface area contributed by atoms with Crippen molar-refractivity contribution < 1.29 is 19.7 Å². The second kappa shape index (κ2) is 6.62. The van der Waals surface area contributed by atoms with E-state index in [1.54, 1.807) is 12.1 Å². The Morgan fingerprint density at radius 3 is 2.50 bits per heavy atom. The van der Waals surface area contributed by atoms with Gasteiger partial charge < -0.3 is 14.9 Å². The van der Waals surface area contributed by atoms with Gasteiger partial charge in [0.1, 0.15) is 5.75 Å². The average molecular weight is 300 g/mol. The first-order valence-corrected chi connectivity index (χ1v) is 7.17. The van der Waals surface area contributed by atoms with E-state index in [1.165, 1.54) is 6.07 Å². The molecule has 0 amide bonds. The fraction of sp³-hybridized carbons (Fsp3) is 0.278. The van der Waals surface area contributed by atoms with E-state index in [0.29, 0.717) is 5.75 Å². The average Bonchev–Trinajstić information content (AvgIpc) is 2.46. The minimum Gasteiger partial charge on any atom is -0.490 e. The number of aryl methyl sites for hydroxylation is 1. The van der Waals surface area contributed by atoms with Crippen LogP contribution in [0.5, 0.6) is 5.75 Å². The number of hydrogen-bond acceptors (Lipinski definition) is 3. The highest BCUT2D eigenvalue weighted by molar-refractivity contribution is 5.90. The molecule has 4 nitrogen and oxygen atoms in total. The van der Waals surface area contributed by atoms with Crippen molar-refractivity contribution in [3.63, 3.8) is 0 Å². The topological polar surface area (TPSA) is 66.8 Å². The van der Waals surface area contributed by atoms with Crippen LogP contribution in [0.25, 0.3) is 11.1 Å². The smallest absolute Gasteiger partial charge is 0.335 e. The maximum Gasteiger partial charge on any atom is 0.335 e. The Morgan fingerprint density at radius 2 is 1.91 bits per heavy atom. The van der Waals surface area contributed by atoms with E-state index in [4.69, 9.17) is 9.84 Å². The van der Waals surface area contributed by atoms with Gasteiger partial charge >= 0.3 is 5.97 Å². The van der Waals surface area contributed by atoms with E-state index >= 15 is 0 Å². The third-order valence-corrected chi connectivity index (χ3v) is 3.45. The zero-order valence-corrected chi connectivity index (χ0v) is 13.0. The van der Waals surface area contributed by atoms with Gasteiger partial charge in [0.15, 0.2) is 0 Å². The van der Waals surface area contributed by atoms with Crippen LogP contribution in [0.2, 0.25) is 0 Å². The molecule has 2 rings (SSSR count). The molecular weight excluding hydrogens is 280 g/mol. The number of carboxylic acid groups (broad SMARTS) is 1. The van der Waals surface area contributed by atoms with Crippen LogP contribution in [0, 0.1) is 6.92 Å². The highest BCUT2D eigenvalue weighted by Gasteiger charge is 2.15. The number of aliphatic hydroxyl groups is 1. The number of hydrogen-bond donors (Lipinski definition) is 2. The second-order valence-electron chi connectivity index (χ2n) is 5.44. The van der Waals surface area contributed by atoms with Gasteiger partial charge in [0.2, 0.25) is 0 Å². The van der Waals surface area contributed by atoms with Crippen molar-refractivity contribution in [2.75, 3.05) is 0 Å². The molecule has 2 aromatic rings. The van der Waals surface area contributed by atoms with Crippen LogP contribution in [0.1, 0.15) is 35.3 Å². The number of benzene rings is 2. The maximum absolute atomic E-state index is 11.2. The minimum absolute atomic E-state index is 0.0785. The molecule has 0 fully saturated rings. The normalized spacial score (nSPS) is 10.8. The Hall–Kier alpha value is -2.33. The second-order valence-corrected chi connectivity index (χ2v) is 5.44. The van der Waals surface area contributed by atoms with Crippen LogP contribution < -0.4 is 4.74 Å². The van der Waals surface area contributed by atoms with Gasteiger partial charge in [0.25, 0.3) is 0 Å². The molecule has 4 heteroatoms. The molecule has 0 saturated heterocycles. The van der Waals surface area contributed by atoms with E-state index in [-0.39, 0.29) is 18.3 Å². The van der Waals surface area contributed by atoms with Crippen LogP contribution in [0.15, 0.2) is 36.4 Å². The van der Waals surface area contributed by atoms with Gasteiger partial charge in [-0.05, 0) is 55.7 Å². The molecule has 0 aliphatic carbocycles. The monoisotopic (exact) mass is 300 g/mol. The number of carboxylic acids is 1. The minimum atomic E-state index is -0.994. The summed E-state index contributed by atoms with van der Waals surface area (Å²) in [5.74, 6) is -0.484. The number of aliphatic hydroxyl groups excluding tert-OH is 1. The highest BCUT2D eigenvalue weighted by atomic mass is 16.5. The van der Waals surface area contributed by atoms with E-state index in [9.17, 15) is 9.90 Å². The zero-order chi connectivity index (χ0) is 16.3. The Morgan fingerprint density at radius 1 is 1.18 bits per heavy atom. The highest BCUT2D eigenvalue weighted by Crippen LogP contribution is 2.35. The van der Waals surface area contributed by atoms with Crippen molar-refractivity contribution in [1.82, 2.24) is 0 Å². The third kappa shape index (κ3) is 3.28. The summed E-state index contributed by atoms with van der Waals surface area (Å²) in [4.78, 5) is 11.2. The van der Waals surface area contributed by atoms with Gasteiger partial charge in [-0.2, -0.15) is 0 Å². The Kier molecular flexibility index (Phi) is 4.83. The van der Waals surface area contributed by atoms with Crippen LogP contribution in [0.3, 0.4) is 0 Å². The van der Waals surface area contributed by atoms with Crippen LogP contribution >= 0.6 is 0 Å². The first-order valence-electron chi connectivity index (χ1n) is 7.17. The summed E-state index contributed by atoms with van der Waals surface area (Å²) in [6.45, 7) is 5.63. The first-order chi connectivity index (χ1) is 10.4. The lowest BCUT2D eigenvalue weighted by Gasteiger charge is -2.18. The molecule has 0 aliphatic rings. The summed E-state index contributed by atoms with van der Waals surface area (Å²) in [5.41, 5.74) is 3.62. The number of aromatic carboxylic acids is 1. The van der Waals surface area contributed by atoms with E-state index in [2.05, 4.69) is 0 Å². The quantitative estimate of drug-likeness (QED) is 0.884. The molecule has 0 unspecified atom stereocenters. The first kappa shape index (κ1) is 16.0. The van der Waals surface area contributed by atoms with Gasteiger partial charge in [0, 0.05) is 5.56 Å². The number of rotatable bonds is 5. The summed E-state index contributed by atoms with van der Waals surface area (Å²) >= 11 is 0. The van der Waals surface area contributed by atoms with Gasteiger partial charge in [-0.3, -0.25) is 0 Å². The van der Waals surface area contributed by atoms with Crippen molar-refractivity contribution in [3.8, 4) is 16.9 Å². The lowest BCUT2D eigenvalue weighted by Crippen LogP contribution is -2.08. The number of carbonyl (C=O) groups is 1. The molecule has 0 bridgehead atoms. The van der Waals surface area contributed by atoms with Crippen LogP contribution in [-0.2, 0) is 6.61 Å². The van der Waals surface area contributed by atoms with Gasteiger partial charge in [-0.15, -0.1) is 0 Å². The molecule has 22 heavy (non-hydrogen) atoms. The summed E-state index contributed by atoms with van der Waals surface area (Å²) in [6, 6.07) is 10.6. The molecular formula is C18H20O4. The van der Waals surface area contributed by atoms with E-state index < -0.39 is 5.97 Å². The molecule has 0 heterocycles. The largest absolute Gasteiger partial charge is 0.490 e. The predicted molar refractivity (Wildman–Crippen MR) is 85.3 cm³/mol. The summed E-state index contributed by atoms with van der Waals surface area (Å²) in [7, 11) is 0. The van der Waals surface area contributed by atoms with Crippen LogP contribution in [0.4, 0.5) is 0 Å². The zero-order valence-electron chi connectivity index (χ0n) is 13.0. The Balaban J connectivity index is 2.64. The fourth-order valence-corrected chi connectivity index (χ4v) is 2.39. The SMILES string of the molecule is Cc1cccc(-c2ccc(C(=O)O)cc2OC(C)C)c1CO. The van der Waals surface area contributed by atoms with Crippen molar-refractivity contribution in [2.45, 2.75) is 33.5 Å². The van der Waals surface area contributed by atoms with Gasteiger partial charge in [-0.1, -0.05) is 18.2 Å². The predicted octanol–water partition coefficient (Wildman–Crippen LogP) is 3.64. The number of ether oxygens (including phenoxy) is 1. The third-order valence-electron chi connectivity index (χ3n) is 3.45. The molecule has 0 atom stereocenters. The van der Waals surface area contributed by atoms with Gasteiger partial charge in [-0.25, -0.2) is 4.79 Å². The van der Waals surface area contributed by atoms with Crippen molar-refractivity contribution in [1.29, 1.82) is 0 Å². The maximum atomic E-state index is 11.2. The molecule has 0 saturated carbocycles. The molecule has 0 aromatic heterocycles. The van der Waals surface area contributed by atoms with Crippen LogP contribution in [-0.4, -0.2) is 22.3 Å². The Bertz CT molecular complexity index is 689. The van der Waals surface area contributed by atoms with E-state index in [0.717, 1.165) is 22.3 Å². The molecule has 0 aliphatic heterocycles. The standard InChI is InChI=1S/C18H20O4/c1-11(2)22-17-9-13(18(20)21)7-8-15(17)14-6-4-5-12(3)16(14)10-19/h4-9,11,19H,10H2,1-3H3,(H,20,21). The van der Waals surface area contributed by atoms with Crippen molar-refractivity contribution in [3.05, 3.63) is 53.1 Å². The summed E-state index contributed by atoms with van der Waals surface area (Å²) in [6.07, 6.45) is -0.0785. The Labute approximate surface area is 130 Å². The molecule has 2 N–H and O–H groups in total. The van der Waals surface area contributed by atoms with Gasteiger partial charge in [0.05, 0.1) is 18.3 Å². The summed E-state index contributed by atoms with van der Waals surface area (Å²) in [5, 5.41) is 18.8. The van der Waals surface area contributed by atoms with E-state index in [1.807, 2.05) is 39.0 Å². The molecule has 0 spiro atoms. The molecule has 116 valence electrons.